The van der Waals surface area contributed by atoms with Gasteiger partial charge in [0.05, 0.1) is 25.4 Å². The summed E-state index contributed by atoms with van der Waals surface area (Å²) in [5.41, 5.74) is 0. The van der Waals surface area contributed by atoms with Crippen LogP contribution in [0.3, 0.4) is 0 Å². The van der Waals surface area contributed by atoms with Crippen molar-refractivity contribution in [3.8, 4) is 0 Å². The summed E-state index contributed by atoms with van der Waals surface area (Å²) in [5.74, 6) is -0.0515. The standard InChI is InChI=1S/C82H157NO5/c1-3-5-7-9-11-13-15-17-19-20-21-22-23-31-34-37-40-43-47-50-54-58-62-66-70-74-80(85)79(78-84)83-81(86)75-71-67-63-59-55-51-48-44-41-38-35-32-29-27-25-24-26-28-30-33-36-39-42-45-49-53-57-61-65-69-73-77-88-82(87)76-72-68-64-60-56-52-46-18-16-14-12-10-8-6-4-2/h12,14,18,46,70,74,79-80,84-85H,3-11,13,15-17,19-45,47-69,71-73,75-78H2,1-2H3,(H,83,86)/b14-12-,46-18-,74-70+. The zero-order valence-electron chi connectivity index (χ0n) is 59.7. The number of allylic oxidation sites excluding steroid dienone is 5. The molecule has 520 valence electrons. The Morgan fingerprint density at radius 3 is 0.886 bits per heavy atom. The summed E-state index contributed by atoms with van der Waals surface area (Å²) in [6.45, 7) is 4.92. The maximum Gasteiger partial charge on any atom is 0.305 e. The third-order valence-corrected chi connectivity index (χ3v) is 18.9. The summed E-state index contributed by atoms with van der Waals surface area (Å²) in [5, 5.41) is 23.3. The van der Waals surface area contributed by atoms with Crippen LogP contribution in [0.5, 0.6) is 0 Å². The first kappa shape index (κ1) is 86.1. The molecule has 0 spiro atoms. The first-order chi connectivity index (χ1) is 43.5. The normalized spacial score (nSPS) is 12.6. The Kier molecular flexibility index (Phi) is 75.8. The second-order valence-electron chi connectivity index (χ2n) is 27.8. The number of rotatable bonds is 76. The number of amides is 1. The largest absolute Gasteiger partial charge is 0.466 e. The number of carbonyl (C=O) groups is 2. The second-order valence-corrected chi connectivity index (χ2v) is 27.8. The van der Waals surface area contributed by atoms with E-state index < -0.39 is 12.1 Å². The number of aliphatic hydroxyl groups excluding tert-OH is 2. The van der Waals surface area contributed by atoms with Crippen LogP contribution in [-0.4, -0.2) is 47.4 Å². The number of hydrogen-bond acceptors (Lipinski definition) is 5. The summed E-state index contributed by atoms with van der Waals surface area (Å²) < 4.78 is 5.49. The Labute approximate surface area is 551 Å². The van der Waals surface area contributed by atoms with Crippen LogP contribution >= 0.6 is 0 Å². The minimum absolute atomic E-state index is 0.00709. The van der Waals surface area contributed by atoms with Crippen LogP contribution in [0.4, 0.5) is 0 Å². The van der Waals surface area contributed by atoms with Gasteiger partial charge in [-0.05, 0) is 64.2 Å². The fourth-order valence-electron chi connectivity index (χ4n) is 12.8. The SMILES string of the molecule is CCCCC/C=C\C/C=C\CCCCCCCC(=O)OCCCCCCCCCCCCCCCCCCCCCCCCCCCCCCCCCC(=O)NC(CO)C(O)/C=C/CCCCCCCCCCCCCCCCCCCCCCCCC. The predicted octanol–water partition coefficient (Wildman–Crippen LogP) is 26.6. The first-order valence-corrected chi connectivity index (χ1v) is 40.3. The van der Waals surface area contributed by atoms with Gasteiger partial charge in [-0.2, -0.15) is 0 Å². The predicted molar refractivity (Wildman–Crippen MR) is 389 cm³/mol. The molecule has 1 amide bonds. The fraction of sp³-hybridized carbons (Fsp3) is 0.902. The van der Waals surface area contributed by atoms with Crippen molar-refractivity contribution < 1.29 is 24.5 Å². The van der Waals surface area contributed by atoms with Crippen molar-refractivity contribution in [1.82, 2.24) is 5.32 Å². The lowest BCUT2D eigenvalue weighted by atomic mass is 10.0. The number of unbranched alkanes of at least 4 members (excludes halogenated alkanes) is 61. The van der Waals surface area contributed by atoms with Gasteiger partial charge in [-0.1, -0.05) is 410 Å². The highest BCUT2D eigenvalue weighted by molar-refractivity contribution is 5.76. The molecule has 0 aliphatic carbocycles. The number of ether oxygens (including phenoxy) is 1. The zero-order chi connectivity index (χ0) is 63.5. The molecule has 2 atom stereocenters. The maximum absolute atomic E-state index is 12.6. The van der Waals surface area contributed by atoms with Gasteiger partial charge >= 0.3 is 5.97 Å². The molecule has 0 aliphatic rings. The maximum atomic E-state index is 12.6. The summed E-state index contributed by atoms with van der Waals surface area (Å²) in [6.07, 6.45) is 101. The molecule has 3 N–H and O–H groups in total. The van der Waals surface area contributed by atoms with Crippen molar-refractivity contribution >= 4 is 11.9 Å². The van der Waals surface area contributed by atoms with E-state index in [1.54, 1.807) is 6.08 Å². The Balaban J connectivity index is 3.36. The smallest absolute Gasteiger partial charge is 0.305 e. The van der Waals surface area contributed by atoms with Gasteiger partial charge in [0.25, 0.3) is 0 Å². The van der Waals surface area contributed by atoms with E-state index in [0.717, 1.165) is 51.4 Å². The molecule has 0 aromatic rings. The Bertz CT molecular complexity index is 1430. The van der Waals surface area contributed by atoms with E-state index in [2.05, 4.69) is 43.5 Å². The van der Waals surface area contributed by atoms with Crippen molar-refractivity contribution in [2.75, 3.05) is 13.2 Å². The van der Waals surface area contributed by atoms with E-state index in [0.29, 0.717) is 19.4 Å². The van der Waals surface area contributed by atoms with Crippen LogP contribution < -0.4 is 5.32 Å². The third kappa shape index (κ3) is 73.1. The summed E-state index contributed by atoms with van der Waals surface area (Å²) >= 11 is 0. The van der Waals surface area contributed by atoms with Crippen LogP contribution in [-0.2, 0) is 14.3 Å². The summed E-state index contributed by atoms with van der Waals surface area (Å²) in [7, 11) is 0. The van der Waals surface area contributed by atoms with E-state index in [9.17, 15) is 19.8 Å². The lowest BCUT2D eigenvalue weighted by Crippen LogP contribution is -2.45. The monoisotopic (exact) mass is 1240 g/mol. The molecular formula is C82H157NO5. The average molecular weight is 1240 g/mol. The molecule has 0 bridgehead atoms. The minimum atomic E-state index is -0.843. The second kappa shape index (κ2) is 77.5. The van der Waals surface area contributed by atoms with Crippen LogP contribution in [0.15, 0.2) is 36.5 Å². The Hall–Kier alpha value is -1.92. The molecule has 6 nitrogen and oxygen atoms in total. The highest BCUT2D eigenvalue weighted by atomic mass is 16.5. The molecule has 88 heavy (non-hydrogen) atoms. The molecule has 0 aromatic carbocycles. The minimum Gasteiger partial charge on any atom is -0.466 e. The van der Waals surface area contributed by atoms with Gasteiger partial charge in [-0.15, -0.1) is 0 Å². The van der Waals surface area contributed by atoms with Crippen LogP contribution in [0.25, 0.3) is 0 Å². The molecule has 0 saturated carbocycles. The molecule has 6 heteroatoms. The molecule has 0 fully saturated rings. The van der Waals surface area contributed by atoms with Crippen molar-refractivity contribution in [3.63, 3.8) is 0 Å². The number of hydrogen-bond donors (Lipinski definition) is 3. The molecule has 0 aromatic heterocycles. The number of esters is 1. The molecule has 0 radical (unpaired) electrons. The van der Waals surface area contributed by atoms with Crippen LogP contribution in [0.2, 0.25) is 0 Å². The van der Waals surface area contributed by atoms with E-state index in [1.807, 2.05) is 6.08 Å². The van der Waals surface area contributed by atoms with E-state index >= 15 is 0 Å². The molecule has 0 aliphatic heterocycles. The highest BCUT2D eigenvalue weighted by Crippen LogP contribution is 2.20. The number of aliphatic hydroxyl groups is 2. The van der Waals surface area contributed by atoms with E-state index in [4.69, 9.17) is 4.74 Å². The van der Waals surface area contributed by atoms with Gasteiger partial charge in [0.1, 0.15) is 0 Å². The van der Waals surface area contributed by atoms with Gasteiger partial charge in [0, 0.05) is 12.8 Å². The Morgan fingerprint density at radius 2 is 0.568 bits per heavy atom. The van der Waals surface area contributed by atoms with Crippen molar-refractivity contribution in [1.29, 1.82) is 0 Å². The topological polar surface area (TPSA) is 95.9 Å². The molecular weight excluding hydrogens is 1080 g/mol. The van der Waals surface area contributed by atoms with Crippen molar-refractivity contribution in [3.05, 3.63) is 36.5 Å². The zero-order valence-corrected chi connectivity index (χ0v) is 59.7. The molecule has 0 saturated heterocycles. The highest BCUT2D eigenvalue weighted by Gasteiger charge is 2.18. The number of nitrogens with one attached hydrogen (secondary N) is 1. The lowest BCUT2D eigenvalue weighted by molar-refractivity contribution is -0.143. The third-order valence-electron chi connectivity index (χ3n) is 18.9. The summed E-state index contributed by atoms with van der Waals surface area (Å²) in [4.78, 5) is 24.6. The number of carbonyl (C=O) groups excluding carboxylic acids is 2. The van der Waals surface area contributed by atoms with Crippen LogP contribution in [0, 0.1) is 0 Å². The van der Waals surface area contributed by atoms with Crippen molar-refractivity contribution in [2.24, 2.45) is 0 Å². The first-order valence-electron chi connectivity index (χ1n) is 40.3. The fourth-order valence-corrected chi connectivity index (χ4v) is 12.8. The Morgan fingerprint density at radius 1 is 0.318 bits per heavy atom. The summed E-state index contributed by atoms with van der Waals surface area (Å²) in [6, 6.07) is -0.626. The molecule has 0 rings (SSSR count). The lowest BCUT2D eigenvalue weighted by Gasteiger charge is -2.20. The van der Waals surface area contributed by atoms with Gasteiger partial charge in [-0.25, -0.2) is 0 Å². The van der Waals surface area contributed by atoms with E-state index in [1.165, 1.54) is 372 Å². The molecule has 2 unspecified atom stereocenters. The van der Waals surface area contributed by atoms with Gasteiger partial charge < -0.3 is 20.3 Å². The van der Waals surface area contributed by atoms with Crippen molar-refractivity contribution in [2.45, 2.75) is 463 Å². The molecule has 0 heterocycles. The van der Waals surface area contributed by atoms with Crippen LogP contribution in [0.1, 0.15) is 450 Å². The van der Waals surface area contributed by atoms with Gasteiger partial charge in [0.2, 0.25) is 5.91 Å². The quantitative estimate of drug-likeness (QED) is 0.0320. The van der Waals surface area contributed by atoms with E-state index in [-0.39, 0.29) is 18.5 Å². The van der Waals surface area contributed by atoms with Gasteiger partial charge in [-0.3, -0.25) is 9.59 Å². The van der Waals surface area contributed by atoms with Gasteiger partial charge in [0.15, 0.2) is 0 Å². The average Bonchev–Trinajstić information content (AvgIpc) is 3.58.